The highest BCUT2D eigenvalue weighted by molar-refractivity contribution is 7.99. The third-order valence-corrected chi connectivity index (χ3v) is 4.31. The third-order valence-electron chi connectivity index (χ3n) is 3.29. The van der Waals surface area contributed by atoms with Gasteiger partial charge in [0.25, 0.3) is 5.91 Å². The summed E-state index contributed by atoms with van der Waals surface area (Å²) in [5.74, 6) is 0.0169. The van der Waals surface area contributed by atoms with E-state index in [0.717, 1.165) is 5.56 Å². The van der Waals surface area contributed by atoms with Crippen LogP contribution in [0, 0.1) is 0 Å². The predicted molar refractivity (Wildman–Crippen MR) is 94.9 cm³/mol. The van der Waals surface area contributed by atoms with Crippen molar-refractivity contribution < 1.29 is 4.79 Å². The topological polar surface area (TPSA) is 80.9 Å². The van der Waals surface area contributed by atoms with Crippen LogP contribution in [-0.2, 0) is 6.54 Å². The Hall–Kier alpha value is -2.86. The molecule has 0 aliphatic rings. The summed E-state index contributed by atoms with van der Waals surface area (Å²) in [4.78, 5) is 13.4. The van der Waals surface area contributed by atoms with Gasteiger partial charge in [0.2, 0.25) is 0 Å². The Balaban J connectivity index is 1.57. The number of primary amides is 1. The third kappa shape index (κ3) is 4.33. The molecule has 0 spiro atoms. The molecule has 0 bridgehead atoms. The summed E-state index contributed by atoms with van der Waals surface area (Å²) >= 11 is 1.73. The molecule has 3 N–H and O–H groups in total. The highest BCUT2D eigenvalue weighted by Crippen LogP contribution is 2.27. The molecule has 1 amide bonds. The van der Waals surface area contributed by atoms with Crippen molar-refractivity contribution in [1.82, 2.24) is 10.2 Å². The van der Waals surface area contributed by atoms with E-state index < -0.39 is 5.91 Å². The van der Waals surface area contributed by atoms with Gasteiger partial charge >= 0.3 is 0 Å². The lowest BCUT2D eigenvalue weighted by Crippen LogP contribution is -2.14. The number of amides is 1. The molecular weight excluding hydrogens is 320 g/mol. The molecule has 0 atom stereocenters. The van der Waals surface area contributed by atoms with Gasteiger partial charge in [0.05, 0.1) is 0 Å². The second kappa shape index (κ2) is 7.61. The number of benzene rings is 2. The first-order valence-corrected chi connectivity index (χ1v) is 8.21. The number of aromatic nitrogens is 2. The molecule has 1 heterocycles. The van der Waals surface area contributed by atoms with Crippen LogP contribution in [0.3, 0.4) is 0 Å². The zero-order valence-corrected chi connectivity index (χ0v) is 13.7. The average Bonchev–Trinajstić information content (AvgIpc) is 2.62. The molecule has 0 aliphatic heterocycles. The van der Waals surface area contributed by atoms with Gasteiger partial charge in [-0.1, -0.05) is 42.1 Å². The number of rotatable bonds is 6. The number of nitrogens with one attached hydrogen (secondary N) is 1. The summed E-state index contributed by atoms with van der Waals surface area (Å²) in [6.45, 7) is 0.626. The van der Waals surface area contributed by atoms with E-state index in [1.165, 1.54) is 9.79 Å². The van der Waals surface area contributed by atoms with Crippen molar-refractivity contribution in [2.75, 3.05) is 5.32 Å². The highest BCUT2D eigenvalue weighted by atomic mass is 32.2. The molecule has 3 rings (SSSR count). The maximum Gasteiger partial charge on any atom is 0.269 e. The Morgan fingerprint density at radius 2 is 1.62 bits per heavy atom. The van der Waals surface area contributed by atoms with E-state index in [-0.39, 0.29) is 5.69 Å². The van der Waals surface area contributed by atoms with Crippen LogP contribution in [0.2, 0.25) is 0 Å². The van der Waals surface area contributed by atoms with Gasteiger partial charge in [0.1, 0.15) is 5.82 Å². The first-order chi connectivity index (χ1) is 11.7. The summed E-state index contributed by atoms with van der Waals surface area (Å²) < 4.78 is 0. The standard InChI is InChI=1S/C18H16N4OS/c19-18(23)16-10-11-17(22-21-16)20-12-13-6-8-15(9-7-13)24-14-4-2-1-3-5-14/h1-11H,12H2,(H2,19,23)(H,20,22). The van der Waals surface area contributed by atoms with Crippen molar-refractivity contribution in [2.45, 2.75) is 16.3 Å². The van der Waals surface area contributed by atoms with E-state index in [9.17, 15) is 4.79 Å². The van der Waals surface area contributed by atoms with Crippen LogP contribution in [0.4, 0.5) is 5.82 Å². The first-order valence-electron chi connectivity index (χ1n) is 7.40. The molecular formula is C18H16N4OS. The number of nitrogens with two attached hydrogens (primary N) is 1. The molecule has 0 unspecified atom stereocenters. The van der Waals surface area contributed by atoms with E-state index in [4.69, 9.17) is 5.73 Å². The molecule has 120 valence electrons. The molecule has 0 aliphatic carbocycles. The molecule has 3 aromatic rings. The van der Waals surface area contributed by atoms with Crippen molar-refractivity contribution in [1.29, 1.82) is 0 Å². The fourth-order valence-electron chi connectivity index (χ4n) is 2.05. The maximum atomic E-state index is 11.0. The Labute approximate surface area is 144 Å². The van der Waals surface area contributed by atoms with Gasteiger partial charge in [-0.05, 0) is 42.0 Å². The summed E-state index contributed by atoms with van der Waals surface area (Å²) in [5.41, 5.74) is 6.42. The van der Waals surface area contributed by atoms with Crippen molar-refractivity contribution in [3.05, 3.63) is 78.0 Å². The second-order valence-electron chi connectivity index (χ2n) is 5.08. The number of anilines is 1. The van der Waals surface area contributed by atoms with Crippen molar-refractivity contribution in [2.24, 2.45) is 5.73 Å². The minimum absolute atomic E-state index is 0.155. The normalized spacial score (nSPS) is 10.3. The van der Waals surface area contributed by atoms with E-state index >= 15 is 0 Å². The van der Waals surface area contributed by atoms with Crippen molar-refractivity contribution >= 4 is 23.5 Å². The number of hydrogen-bond acceptors (Lipinski definition) is 5. The van der Waals surface area contributed by atoms with Crippen LogP contribution in [0.25, 0.3) is 0 Å². The van der Waals surface area contributed by atoms with Gasteiger partial charge in [-0.3, -0.25) is 4.79 Å². The molecule has 0 radical (unpaired) electrons. The van der Waals surface area contributed by atoms with Crippen LogP contribution in [0.15, 0.2) is 76.5 Å². The fraction of sp³-hybridized carbons (Fsp3) is 0.0556. The zero-order valence-electron chi connectivity index (χ0n) is 12.8. The molecule has 2 aromatic carbocycles. The largest absolute Gasteiger partial charge is 0.365 e. The van der Waals surface area contributed by atoms with Crippen LogP contribution in [-0.4, -0.2) is 16.1 Å². The summed E-state index contributed by atoms with van der Waals surface area (Å²) in [5, 5.41) is 10.8. The van der Waals surface area contributed by atoms with Crippen LogP contribution >= 0.6 is 11.8 Å². The Bertz CT molecular complexity index is 805. The monoisotopic (exact) mass is 336 g/mol. The van der Waals surface area contributed by atoms with Gasteiger partial charge in [0, 0.05) is 16.3 Å². The molecule has 0 fully saturated rings. The Kier molecular flexibility index (Phi) is 5.08. The number of hydrogen-bond donors (Lipinski definition) is 2. The lowest BCUT2D eigenvalue weighted by atomic mass is 10.2. The van der Waals surface area contributed by atoms with Gasteiger partial charge in [-0.25, -0.2) is 0 Å². The quantitative estimate of drug-likeness (QED) is 0.721. The van der Waals surface area contributed by atoms with Crippen molar-refractivity contribution in [3.63, 3.8) is 0 Å². The van der Waals surface area contributed by atoms with Crippen LogP contribution in [0.5, 0.6) is 0 Å². The molecule has 0 saturated heterocycles. The molecule has 6 heteroatoms. The summed E-state index contributed by atoms with van der Waals surface area (Å²) in [6, 6.07) is 21.8. The number of carbonyl (C=O) groups is 1. The maximum absolute atomic E-state index is 11.0. The highest BCUT2D eigenvalue weighted by Gasteiger charge is 2.03. The van der Waals surface area contributed by atoms with Crippen LogP contribution in [0.1, 0.15) is 16.1 Å². The van der Waals surface area contributed by atoms with E-state index in [2.05, 4.69) is 51.9 Å². The molecule has 24 heavy (non-hydrogen) atoms. The predicted octanol–water partition coefficient (Wildman–Crippen LogP) is 3.34. The van der Waals surface area contributed by atoms with E-state index in [1.54, 1.807) is 23.9 Å². The van der Waals surface area contributed by atoms with Gasteiger partial charge in [0.15, 0.2) is 5.69 Å². The molecule has 5 nitrogen and oxygen atoms in total. The lowest BCUT2D eigenvalue weighted by molar-refractivity contribution is 0.0994. The van der Waals surface area contributed by atoms with E-state index in [0.29, 0.717) is 12.4 Å². The molecule has 0 saturated carbocycles. The van der Waals surface area contributed by atoms with E-state index in [1.807, 2.05) is 18.2 Å². The van der Waals surface area contributed by atoms with Gasteiger partial charge in [-0.15, -0.1) is 10.2 Å². The minimum Gasteiger partial charge on any atom is -0.365 e. The first kappa shape index (κ1) is 16.0. The van der Waals surface area contributed by atoms with Crippen LogP contribution < -0.4 is 11.1 Å². The minimum atomic E-state index is -0.583. The summed E-state index contributed by atoms with van der Waals surface area (Å²) in [7, 11) is 0. The van der Waals surface area contributed by atoms with Crippen molar-refractivity contribution in [3.8, 4) is 0 Å². The fourth-order valence-corrected chi connectivity index (χ4v) is 2.89. The molecule has 1 aromatic heterocycles. The SMILES string of the molecule is NC(=O)c1ccc(NCc2ccc(Sc3ccccc3)cc2)nn1. The summed E-state index contributed by atoms with van der Waals surface area (Å²) in [6.07, 6.45) is 0. The number of carbonyl (C=O) groups excluding carboxylic acids is 1. The smallest absolute Gasteiger partial charge is 0.269 e. The second-order valence-corrected chi connectivity index (χ2v) is 6.23. The zero-order chi connectivity index (χ0) is 16.8. The Morgan fingerprint density at radius 1 is 0.917 bits per heavy atom. The van der Waals surface area contributed by atoms with Gasteiger partial charge in [-0.2, -0.15) is 0 Å². The Morgan fingerprint density at radius 3 is 2.25 bits per heavy atom. The lowest BCUT2D eigenvalue weighted by Gasteiger charge is -2.07. The number of nitrogens with zero attached hydrogens (tertiary/aromatic N) is 2. The average molecular weight is 336 g/mol. The van der Waals surface area contributed by atoms with Gasteiger partial charge < -0.3 is 11.1 Å².